The molecule has 9 heterocycles. The number of quaternary nitrogens is 1. The molecule has 6 saturated heterocycles. The fraction of sp³-hybridized carbons (Fsp3) is 0.679. The molecule has 566 valence electrons. The molecule has 26 heteroatoms. The molecule has 104 heavy (non-hydrogen) atoms. The molecule has 13 aliphatic rings. The lowest BCUT2D eigenvalue weighted by Gasteiger charge is -2.42. The second-order valence-corrected chi connectivity index (χ2v) is 38.2. The average molecular weight is 1520 g/mol. The molecule has 13 fully saturated rings. The first-order valence-corrected chi connectivity index (χ1v) is 44.8. The van der Waals surface area contributed by atoms with Gasteiger partial charge in [0.2, 0.25) is 23.6 Å². The Morgan fingerprint density at radius 2 is 0.827 bits per heavy atom. The van der Waals surface area contributed by atoms with E-state index in [0.29, 0.717) is 42.1 Å². The van der Waals surface area contributed by atoms with Crippen LogP contribution in [0.4, 0.5) is 17.5 Å². The number of aromatic nitrogens is 3. The lowest BCUT2D eigenvalue weighted by molar-refractivity contribution is -0.919. The van der Waals surface area contributed by atoms with Crippen molar-refractivity contribution in [3.63, 3.8) is 0 Å². The van der Waals surface area contributed by atoms with Crippen LogP contribution in [0.1, 0.15) is 123 Å². The standard InChI is InChI=1S/C28H36N4O2S.C19H26N3S.C11H13N3S.C10H20O6S2.C9H11NO2.CH4/c33-27-24-18-9-10-19(15-18)25(24)28(34)32(27)17-21-6-2-1-5-20(21)16-30-11-13-31(14-12-30)26-22-7-3-4-8-23(22)35-29-26;1-2-6-16-14-22(13-15(16)5-1)11-9-21(10-12-22)19-17-7-3-4-8-18(17)23-20-19;1-2-4-10-9(3-1)11(13-15-10)14-7-5-12-6-8-14;1-17(11,12)15-7-9-5-3-4-6-10(9)8-16-18(2,13)14;11-8-6-4-1-2-5(3-4)7(6)9(12)10-8;/h3-4,7-8,18-21,24-25H,1-2,5-6,9-17H2;3-4,7-8,15-16H,1-2,5-6,9-14H2;1-4,12H,5-8H2;9-10H,3-8H2,1-2H3;4-7H,1-3H2,(H,10,11,12);1H4/q;+1;;;;/t18-,19+,20-,21-,24+,25?;15-,16?;;9-,10-;4-,5+,6+,7-;/m00.0../s1. The third-order valence-corrected chi connectivity index (χ3v) is 29.9. The number of imide groups is 2. The van der Waals surface area contributed by atoms with E-state index in [9.17, 15) is 36.0 Å². The van der Waals surface area contributed by atoms with Crippen LogP contribution in [0.5, 0.6) is 0 Å². The van der Waals surface area contributed by atoms with Crippen LogP contribution in [0.2, 0.25) is 0 Å². The molecule has 6 aliphatic heterocycles. The van der Waals surface area contributed by atoms with Crippen molar-refractivity contribution in [1.29, 1.82) is 0 Å². The molecular formula is C78H110N11O10S5+. The van der Waals surface area contributed by atoms with E-state index in [4.69, 9.17) is 17.1 Å². The summed E-state index contributed by atoms with van der Waals surface area (Å²) in [4.78, 5) is 60.9. The van der Waals surface area contributed by atoms with Gasteiger partial charge in [-0.25, -0.2) is 0 Å². The molecule has 14 atom stereocenters. The van der Waals surface area contributed by atoms with E-state index in [2.05, 4.69) is 107 Å². The summed E-state index contributed by atoms with van der Waals surface area (Å²) in [5.74, 6) is 9.28. The van der Waals surface area contributed by atoms with Crippen LogP contribution in [-0.2, 0) is 47.8 Å². The Morgan fingerprint density at radius 1 is 0.452 bits per heavy atom. The number of amides is 4. The first-order chi connectivity index (χ1) is 49.9. The van der Waals surface area contributed by atoms with Gasteiger partial charge in [-0.2, -0.15) is 30.0 Å². The van der Waals surface area contributed by atoms with Gasteiger partial charge in [0.1, 0.15) is 11.6 Å². The molecule has 2 unspecified atom stereocenters. The summed E-state index contributed by atoms with van der Waals surface area (Å²) in [6.07, 6.45) is 23.5. The summed E-state index contributed by atoms with van der Waals surface area (Å²) in [5.41, 5.74) is 0. The van der Waals surface area contributed by atoms with E-state index in [-0.39, 0.29) is 79.8 Å². The molecule has 2 N–H and O–H groups in total. The second kappa shape index (κ2) is 32.9. The molecule has 0 radical (unpaired) electrons. The maximum absolute atomic E-state index is 13.3. The van der Waals surface area contributed by atoms with Gasteiger partial charge in [-0.15, -0.1) is 0 Å². The number of nitrogens with one attached hydrogen (secondary N) is 2. The molecule has 6 aromatic rings. The number of nitrogens with zero attached hydrogens (tertiary/aromatic N) is 9. The highest BCUT2D eigenvalue weighted by Crippen LogP contribution is 2.57. The number of likely N-dealkylation sites (tertiary alicyclic amines) is 1. The number of piperazine rings is 3. The highest BCUT2D eigenvalue weighted by molar-refractivity contribution is 7.86. The molecule has 3 aromatic heterocycles. The largest absolute Gasteiger partial charge is 0.353 e. The quantitative estimate of drug-likeness (QED) is 0.0621. The van der Waals surface area contributed by atoms with Gasteiger partial charge in [-0.05, 0) is 195 Å². The number of rotatable bonds is 13. The average Bonchev–Trinajstić information content (AvgIpc) is 1.58. The van der Waals surface area contributed by atoms with Gasteiger partial charge in [0, 0.05) is 93.4 Å². The van der Waals surface area contributed by atoms with Gasteiger partial charge in [-0.1, -0.05) is 82.3 Å². The van der Waals surface area contributed by atoms with Crippen molar-refractivity contribution in [1.82, 2.24) is 33.6 Å². The predicted octanol–water partition coefficient (Wildman–Crippen LogP) is 11.4. The normalized spacial score (nSPS) is 31.3. The van der Waals surface area contributed by atoms with Crippen LogP contribution in [0, 0.1) is 82.9 Å². The highest BCUT2D eigenvalue weighted by Gasteiger charge is 2.61. The Kier molecular flexibility index (Phi) is 23.9. The van der Waals surface area contributed by atoms with E-state index in [0.717, 1.165) is 166 Å². The fourth-order valence-corrected chi connectivity index (χ4v) is 24.3. The third kappa shape index (κ3) is 16.8. The second-order valence-electron chi connectivity index (χ2n) is 32.5. The molecule has 19 rings (SSSR count). The highest BCUT2D eigenvalue weighted by atomic mass is 32.2. The SMILES string of the molecule is C.CS(=O)(=O)OC[C@@H]1CCCC[C@H]1COS(C)(=O)=O.O=C1C2[C@@H]3CC[C@@H](C3)[C@H]2C(=O)N1C[C@@H]1CCCC[C@H]1CN1CCN(c2nsc3ccccc23)CC1.O=C1NC(=O)[C@H]2[C@@H]3CC[C@@H](C3)[C@@H]12.c1ccc2c(N3CCNCC3)nsc2c1.c1ccc2c(N3CC[N+]4(CC3)CC3CCCC[C@H]3C4)nsc2c1. The van der Waals surface area contributed by atoms with Crippen LogP contribution in [-0.4, -0.2) is 198 Å². The van der Waals surface area contributed by atoms with Crippen molar-refractivity contribution in [3.05, 3.63) is 72.8 Å². The van der Waals surface area contributed by atoms with Crippen LogP contribution in [0.25, 0.3) is 30.3 Å². The van der Waals surface area contributed by atoms with Crippen LogP contribution in [0.15, 0.2) is 72.8 Å². The summed E-state index contributed by atoms with van der Waals surface area (Å²) < 4.78 is 72.8. The van der Waals surface area contributed by atoms with Gasteiger partial charge in [0.25, 0.3) is 20.2 Å². The van der Waals surface area contributed by atoms with Crippen molar-refractivity contribution in [2.24, 2.45) is 82.9 Å². The van der Waals surface area contributed by atoms with Gasteiger partial charge in [0.05, 0.1) is 103 Å². The Bertz CT molecular complexity index is 4090. The Labute approximate surface area is 628 Å². The first kappa shape index (κ1) is 75.5. The van der Waals surface area contributed by atoms with Gasteiger partial charge >= 0.3 is 0 Å². The number of fused-ring (bicyclic) bond motifs is 14. The lowest BCUT2D eigenvalue weighted by Crippen LogP contribution is -2.58. The lowest BCUT2D eigenvalue weighted by atomic mass is 9.78. The van der Waals surface area contributed by atoms with Crippen molar-refractivity contribution >= 4 is 126 Å². The van der Waals surface area contributed by atoms with E-state index < -0.39 is 20.2 Å². The van der Waals surface area contributed by atoms with Crippen molar-refractivity contribution < 1.29 is 48.9 Å². The number of hydrogen-bond donors (Lipinski definition) is 2. The zero-order valence-electron chi connectivity index (χ0n) is 60.1. The Morgan fingerprint density at radius 3 is 1.26 bits per heavy atom. The smallest absolute Gasteiger partial charge is 0.264 e. The van der Waals surface area contributed by atoms with Crippen LogP contribution >= 0.6 is 34.6 Å². The van der Waals surface area contributed by atoms with Crippen LogP contribution in [0.3, 0.4) is 0 Å². The fourth-order valence-electron chi connectivity index (χ4n) is 21.1. The molecule has 3 aromatic carbocycles. The molecule has 4 bridgehead atoms. The molecule has 21 nitrogen and oxygen atoms in total. The minimum Gasteiger partial charge on any atom is -0.353 e. The summed E-state index contributed by atoms with van der Waals surface area (Å²) in [6, 6.07) is 25.7. The number of hydrogen-bond acceptors (Lipinski definition) is 21. The van der Waals surface area contributed by atoms with E-state index in [1.165, 1.54) is 125 Å². The van der Waals surface area contributed by atoms with E-state index in [1.54, 1.807) is 39.5 Å². The monoisotopic (exact) mass is 1520 g/mol. The summed E-state index contributed by atoms with van der Waals surface area (Å²) in [5, 5.41) is 9.72. The Balaban J connectivity index is 0.000000115. The Hall–Kier alpha value is -5.29. The molecular weight excluding hydrogens is 1410 g/mol. The number of carbonyl (C=O) groups excluding carboxylic acids is 4. The molecule has 7 saturated carbocycles. The minimum absolute atomic E-state index is 0. The predicted molar refractivity (Wildman–Crippen MR) is 415 cm³/mol. The maximum Gasteiger partial charge on any atom is 0.264 e. The van der Waals surface area contributed by atoms with Gasteiger partial charge in [-0.3, -0.25) is 42.7 Å². The van der Waals surface area contributed by atoms with Crippen molar-refractivity contribution in [2.45, 2.75) is 123 Å². The topological polar surface area (TPSA) is 234 Å². The minimum atomic E-state index is -3.45. The maximum atomic E-state index is 13.3. The molecule has 4 amide bonds. The molecule has 1 spiro atoms. The number of anilines is 3. The summed E-state index contributed by atoms with van der Waals surface area (Å²) in [6.45, 7) is 18.4. The van der Waals surface area contributed by atoms with Gasteiger partial charge in [0.15, 0.2) is 5.82 Å². The number of benzene rings is 3. The first-order valence-electron chi connectivity index (χ1n) is 38.8. The van der Waals surface area contributed by atoms with Gasteiger partial charge < -0.3 is 24.5 Å². The van der Waals surface area contributed by atoms with Crippen LogP contribution < -0.4 is 25.3 Å². The van der Waals surface area contributed by atoms with E-state index in [1.807, 2.05) is 0 Å². The zero-order chi connectivity index (χ0) is 71.0. The number of carbonyl (C=O) groups is 4. The molecule has 7 aliphatic carbocycles. The van der Waals surface area contributed by atoms with Crippen molar-refractivity contribution in [2.75, 3.05) is 145 Å². The van der Waals surface area contributed by atoms with E-state index >= 15 is 0 Å². The summed E-state index contributed by atoms with van der Waals surface area (Å²) in [7, 11) is -6.90. The van der Waals surface area contributed by atoms with Crippen molar-refractivity contribution in [3.8, 4) is 0 Å². The third-order valence-electron chi connectivity index (χ3n) is 26.3. The zero-order valence-corrected chi connectivity index (χ0v) is 64.2. The summed E-state index contributed by atoms with van der Waals surface area (Å²) >= 11 is 4.84.